The molecule has 2 unspecified atom stereocenters. The predicted octanol–water partition coefficient (Wildman–Crippen LogP) is 6.60. The van der Waals surface area contributed by atoms with Crippen molar-refractivity contribution in [1.29, 1.82) is 0 Å². The van der Waals surface area contributed by atoms with Crippen molar-refractivity contribution in [3.05, 3.63) is 89.0 Å². The fraction of sp³-hybridized carbons (Fsp3) is 0.240. The largest absolute Gasteiger partial charge is 0.508 e. The van der Waals surface area contributed by atoms with Crippen LogP contribution in [0.3, 0.4) is 0 Å². The minimum atomic E-state index is 0.315. The number of aliphatic imine (C=N–C) groups is 1. The second-order valence-electron chi connectivity index (χ2n) is 7.18. The van der Waals surface area contributed by atoms with E-state index in [1.54, 1.807) is 0 Å². The normalized spacial score (nSPS) is 12.8. The van der Waals surface area contributed by atoms with Crippen molar-refractivity contribution >= 4 is 25.8 Å². The van der Waals surface area contributed by atoms with Crippen molar-refractivity contribution in [1.82, 2.24) is 0 Å². The molecule has 0 heterocycles. The lowest BCUT2D eigenvalue weighted by Crippen LogP contribution is -2.10. The van der Waals surface area contributed by atoms with Crippen LogP contribution >= 0.6 is 8.58 Å². The quantitative estimate of drug-likeness (QED) is 0.358. The highest BCUT2D eigenvalue weighted by Crippen LogP contribution is 2.43. The first-order valence-electron chi connectivity index (χ1n) is 9.83. The summed E-state index contributed by atoms with van der Waals surface area (Å²) < 4.78 is 0. The zero-order valence-corrected chi connectivity index (χ0v) is 17.8. The molecule has 0 aliphatic heterocycles. The van der Waals surface area contributed by atoms with E-state index in [1.807, 2.05) is 48.7 Å². The van der Waals surface area contributed by atoms with Gasteiger partial charge >= 0.3 is 0 Å². The van der Waals surface area contributed by atoms with E-state index in [1.165, 1.54) is 16.4 Å². The number of rotatable bonds is 7. The molecule has 0 aliphatic rings. The Balaban J connectivity index is 1.95. The van der Waals surface area contributed by atoms with E-state index in [0.717, 1.165) is 29.7 Å². The molecule has 0 aromatic heterocycles. The Labute approximate surface area is 170 Å². The van der Waals surface area contributed by atoms with Gasteiger partial charge in [-0.15, -0.1) is 0 Å². The first-order chi connectivity index (χ1) is 13.6. The summed E-state index contributed by atoms with van der Waals surface area (Å²) in [6, 6.07) is 22.4. The lowest BCUT2D eigenvalue weighted by atomic mass is 10.0. The van der Waals surface area contributed by atoms with Gasteiger partial charge in [0.05, 0.1) is 5.69 Å². The Hall–Kier alpha value is -2.44. The summed E-state index contributed by atoms with van der Waals surface area (Å²) in [7, 11) is 0.587. The first-order valence-corrected chi connectivity index (χ1v) is 10.9. The van der Waals surface area contributed by atoms with Crippen LogP contribution in [-0.4, -0.2) is 11.3 Å². The Bertz CT molecular complexity index is 950. The van der Waals surface area contributed by atoms with Gasteiger partial charge in [0, 0.05) is 23.0 Å². The van der Waals surface area contributed by atoms with Crippen LogP contribution in [0.5, 0.6) is 5.75 Å². The summed E-state index contributed by atoms with van der Waals surface area (Å²) >= 11 is 0. The zero-order chi connectivity index (χ0) is 19.9. The van der Waals surface area contributed by atoms with Crippen LogP contribution < -0.4 is 5.30 Å². The van der Waals surface area contributed by atoms with Gasteiger partial charge in [-0.05, 0) is 49.3 Å². The molecule has 3 aromatic rings. The minimum Gasteiger partial charge on any atom is -0.508 e. The third kappa shape index (κ3) is 5.09. The van der Waals surface area contributed by atoms with Crippen molar-refractivity contribution < 1.29 is 5.11 Å². The number of benzene rings is 3. The molecule has 3 aromatic carbocycles. The van der Waals surface area contributed by atoms with Crippen LogP contribution in [0, 0.1) is 13.8 Å². The number of phenolic OH excluding ortho intramolecular Hbond substituents is 1. The van der Waals surface area contributed by atoms with Gasteiger partial charge in [0.1, 0.15) is 5.75 Å². The maximum absolute atomic E-state index is 10.5. The predicted molar refractivity (Wildman–Crippen MR) is 123 cm³/mol. The second kappa shape index (κ2) is 9.66. The molecule has 0 spiro atoms. The van der Waals surface area contributed by atoms with Crippen molar-refractivity contribution in [2.45, 2.75) is 39.3 Å². The number of hydrogen-bond acceptors (Lipinski definition) is 2. The molecular weight excluding hydrogens is 361 g/mol. The average Bonchev–Trinajstić information content (AvgIpc) is 2.70. The summed E-state index contributed by atoms with van der Waals surface area (Å²) in [6.45, 7) is 6.46. The van der Waals surface area contributed by atoms with Gasteiger partial charge in [-0.3, -0.25) is 4.99 Å². The van der Waals surface area contributed by atoms with Crippen molar-refractivity contribution in [2.75, 3.05) is 0 Å². The van der Waals surface area contributed by atoms with E-state index >= 15 is 0 Å². The molecule has 2 atom stereocenters. The lowest BCUT2D eigenvalue weighted by Gasteiger charge is -2.21. The Morgan fingerprint density at radius 1 is 1.00 bits per heavy atom. The molecule has 0 amide bonds. The van der Waals surface area contributed by atoms with Gasteiger partial charge in [0.25, 0.3) is 0 Å². The van der Waals surface area contributed by atoms with E-state index in [9.17, 15) is 5.11 Å². The van der Waals surface area contributed by atoms with Crippen LogP contribution in [0.2, 0.25) is 0 Å². The number of nitrogens with zero attached hydrogens (tertiary/aromatic N) is 1. The van der Waals surface area contributed by atoms with E-state index in [2.05, 4.69) is 50.0 Å². The smallest absolute Gasteiger partial charge is 0.119 e. The third-order valence-electron chi connectivity index (χ3n) is 4.87. The Morgan fingerprint density at radius 2 is 1.79 bits per heavy atom. The molecule has 0 aliphatic carbocycles. The monoisotopic (exact) mass is 389 g/mol. The Morgan fingerprint density at radius 3 is 2.54 bits per heavy atom. The maximum Gasteiger partial charge on any atom is 0.119 e. The lowest BCUT2D eigenvalue weighted by molar-refractivity contribution is 0.466. The van der Waals surface area contributed by atoms with E-state index in [4.69, 9.17) is 0 Å². The highest BCUT2D eigenvalue weighted by atomic mass is 31.1. The van der Waals surface area contributed by atoms with Crippen molar-refractivity contribution in [3.63, 3.8) is 0 Å². The van der Waals surface area contributed by atoms with Gasteiger partial charge in [0.15, 0.2) is 0 Å². The molecule has 2 nitrogen and oxygen atoms in total. The summed E-state index contributed by atoms with van der Waals surface area (Å²) in [5, 5.41) is 11.8. The number of hydrogen-bond donors (Lipinski definition) is 1. The SMILES string of the molecule is CCCC(Pc1c(C)cccc1/C=N/c1ccccc1)c1cc(C)ccc1O. The molecule has 1 N–H and O–H groups in total. The standard InChI is InChI=1S/C25H28NOP/c1-4-9-24(22-16-18(2)14-15-23(22)27)28-25-19(3)10-8-11-20(25)17-26-21-12-6-5-7-13-21/h5-8,10-17,24,27-28H,4,9H2,1-3H3/b26-17+. The van der Waals surface area contributed by atoms with Crippen LogP contribution in [0.15, 0.2) is 71.7 Å². The van der Waals surface area contributed by atoms with E-state index < -0.39 is 0 Å². The fourth-order valence-electron chi connectivity index (χ4n) is 3.37. The molecule has 144 valence electrons. The van der Waals surface area contributed by atoms with Crippen molar-refractivity contribution in [2.24, 2.45) is 4.99 Å². The second-order valence-corrected chi connectivity index (χ2v) is 8.67. The van der Waals surface area contributed by atoms with Crippen LogP contribution in [-0.2, 0) is 0 Å². The van der Waals surface area contributed by atoms with Gasteiger partial charge in [0.2, 0.25) is 0 Å². The Kier molecular flexibility index (Phi) is 7.01. The van der Waals surface area contributed by atoms with E-state index in [-0.39, 0.29) is 0 Å². The summed E-state index contributed by atoms with van der Waals surface area (Å²) in [5.74, 6) is 0.407. The summed E-state index contributed by atoms with van der Waals surface area (Å²) in [5.41, 5.74) is 5.97. The highest BCUT2D eigenvalue weighted by molar-refractivity contribution is 7.48. The average molecular weight is 389 g/mol. The molecular formula is C25H28NOP. The highest BCUT2D eigenvalue weighted by Gasteiger charge is 2.18. The third-order valence-corrected chi connectivity index (χ3v) is 6.79. The summed E-state index contributed by atoms with van der Waals surface area (Å²) in [6.07, 6.45) is 4.12. The first kappa shape index (κ1) is 20.3. The van der Waals surface area contributed by atoms with Gasteiger partial charge in [-0.2, -0.15) is 0 Å². The number of para-hydroxylation sites is 1. The van der Waals surface area contributed by atoms with Crippen LogP contribution in [0.25, 0.3) is 0 Å². The van der Waals surface area contributed by atoms with Crippen molar-refractivity contribution in [3.8, 4) is 5.75 Å². The zero-order valence-electron chi connectivity index (χ0n) is 16.8. The molecule has 3 rings (SSSR count). The van der Waals surface area contributed by atoms with Gasteiger partial charge < -0.3 is 5.11 Å². The van der Waals surface area contributed by atoms with Crippen LogP contribution in [0.1, 0.15) is 47.7 Å². The fourth-order valence-corrected chi connectivity index (χ4v) is 5.17. The number of aromatic hydroxyl groups is 1. The molecule has 0 bridgehead atoms. The van der Waals surface area contributed by atoms with Gasteiger partial charge in [-0.1, -0.05) is 76.0 Å². The molecule has 0 radical (unpaired) electrons. The number of phenols is 1. The van der Waals surface area contributed by atoms with E-state index in [0.29, 0.717) is 20.0 Å². The van der Waals surface area contributed by atoms with Crippen LogP contribution in [0.4, 0.5) is 5.69 Å². The maximum atomic E-state index is 10.5. The molecule has 3 heteroatoms. The molecule has 0 saturated heterocycles. The summed E-state index contributed by atoms with van der Waals surface area (Å²) in [4.78, 5) is 4.67. The van der Waals surface area contributed by atoms with Gasteiger partial charge in [-0.25, -0.2) is 0 Å². The minimum absolute atomic E-state index is 0.315. The topological polar surface area (TPSA) is 32.6 Å². The molecule has 28 heavy (non-hydrogen) atoms. The molecule has 0 saturated carbocycles. The number of aryl methyl sites for hydroxylation is 2. The molecule has 0 fully saturated rings.